The van der Waals surface area contributed by atoms with Crippen molar-refractivity contribution in [2.45, 2.75) is 11.5 Å². The van der Waals surface area contributed by atoms with E-state index in [-0.39, 0.29) is 5.69 Å². The number of hydrogen-bond donors (Lipinski definition) is 3. The Bertz CT molecular complexity index is 451. The summed E-state index contributed by atoms with van der Waals surface area (Å²) in [4.78, 5) is 3.56. The minimum absolute atomic E-state index is 0.0317. The molecule has 0 aliphatic carbocycles. The predicted octanol–water partition coefficient (Wildman–Crippen LogP) is -0.0894. The molecule has 0 bridgehead atoms. The first-order chi connectivity index (χ1) is 7.47. The smallest absolute Gasteiger partial charge is 0.260 e. The van der Waals surface area contributed by atoms with Gasteiger partial charge in [0.05, 0.1) is 12.2 Å². The Labute approximate surface area is 90.9 Å². The van der Waals surface area contributed by atoms with E-state index in [1.807, 2.05) is 0 Å². The normalized spacial score (nSPS) is 11.8. The van der Waals surface area contributed by atoms with Gasteiger partial charge >= 0.3 is 0 Å². The lowest BCUT2D eigenvalue weighted by atomic mass is 10.4. The first-order valence-electron chi connectivity index (χ1n) is 4.17. The number of anilines is 1. The summed E-state index contributed by atoms with van der Waals surface area (Å²) < 4.78 is 48.5. The number of aromatic nitrogens is 1. The van der Waals surface area contributed by atoms with Crippen LogP contribution in [0.15, 0.2) is 23.4 Å². The van der Waals surface area contributed by atoms with Crippen molar-refractivity contribution in [1.82, 2.24) is 9.71 Å². The van der Waals surface area contributed by atoms with E-state index in [1.54, 1.807) is 4.72 Å². The fraction of sp³-hybridized carbons (Fsp3) is 0.286. The van der Waals surface area contributed by atoms with Crippen LogP contribution < -0.4 is 16.0 Å². The molecule has 0 atom stereocenters. The van der Waals surface area contributed by atoms with E-state index in [2.05, 4.69) is 10.4 Å². The minimum atomic E-state index is -4.08. The van der Waals surface area contributed by atoms with Crippen molar-refractivity contribution in [3.8, 4) is 0 Å². The van der Waals surface area contributed by atoms with Crippen molar-refractivity contribution in [3.63, 3.8) is 0 Å². The van der Waals surface area contributed by atoms with E-state index in [0.29, 0.717) is 0 Å². The molecule has 0 amide bonds. The SMILES string of the molecule is NNc1cccnc1S(=O)(=O)NCC(F)F. The highest BCUT2D eigenvalue weighted by Crippen LogP contribution is 2.16. The number of alkyl halides is 2. The molecule has 0 radical (unpaired) electrons. The summed E-state index contributed by atoms with van der Waals surface area (Å²) in [5.74, 6) is 5.07. The van der Waals surface area contributed by atoms with Gasteiger partial charge in [-0.25, -0.2) is 26.9 Å². The van der Waals surface area contributed by atoms with Gasteiger partial charge in [0.15, 0.2) is 5.03 Å². The number of nitrogens with one attached hydrogen (secondary N) is 2. The van der Waals surface area contributed by atoms with Gasteiger partial charge < -0.3 is 5.43 Å². The van der Waals surface area contributed by atoms with Crippen LogP contribution in [-0.4, -0.2) is 26.4 Å². The van der Waals surface area contributed by atoms with Crippen molar-refractivity contribution < 1.29 is 17.2 Å². The molecule has 0 aromatic carbocycles. The Kier molecular flexibility index (Phi) is 4.10. The number of rotatable bonds is 5. The Morgan fingerprint density at radius 1 is 1.50 bits per heavy atom. The number of nitrogens with zero attached hydrogens (tertiary/aromatic N) is 1. The van der Waals surface area contributed by atoms with Crippen molar-refractivity contribution >= 4 is 15.7 Å². The quantitative estimate of drug-likeness (QED) is 0.502. The highest BCUT2D eigenvalue weighted by atomic mass is 32.2. The maximum atomic E-state index is 11.9. The molecule has 1 aromatic rings. The highest BCUT2D eigenvalue weighted by Gasteiger charge is 2.20. The zero-order valence-corrected chi connectivity index (χ0v) is 8.84. The molecule has 0 fully saturated rings. The van der Waals surface area contributed by atoms with Crippen LogP contribution in [0.2, 0.25) is 0 Å². The Morgan fingerprint density at radius 2 is 2.19 bits per heavy atom. The van der Waals surface area contributed by atoms with Crippen molar-refractivity contribution in [3.05, 3.63) is 18.3 Å². The van der Waals surface area contributed by atoms with Crippen LogP contribution in [0, 0.1) is 0 Å². The van der Waals surface area contributed by atoms with E-state index in [1.165, 1.54) is 18.3 Å². The molecule has 0 unspecified atom stereocenters. The fourth-order valence-electron chi connectivity index (χ4n) is 0.956. The number of nitrogens with two attached hydrogens (primary N) is 1. The van der Waals surface area contributed by atoms with Gasteiger partial charge in [0, 0.05) is 6.20 Å². The topological polar surface area (TPSA) is 97.1 Å². The maximum absolute atomic E-state index is 11.9. The molecule has 90 valence electrons. The lowest BCUT2D eigenvalue weighted by Crippen LogP contribution is -2.30. The number of nitrogen functional groups attached to an aromatic ring is 1. The van der Waals surface area contributed by atoms with E-state index in [4.69, 9.17) is 5.84 Å². The molecule has 9 heteroatoms. The zero-order chi connectivity index (χ0) is 12.2. The maximum Gasteiger partial charge on any atom is 0.260 e. The van der Waals surface area contributed by atoms with Crippen LogP contribution in [0.25, 0.3) is 0 Å². The summed E-state index contributed by atoms with van der Waals surface area (Å²) in [5, 5.41) is -0.418. The van der Waals surface area contributed by atoms with Crippen LogP contribution in [-0.2, 0) is 10.0 Å². The molecule has 6 nitrogen and oxygen atoms in total. The lowest BCUT2D eigenvalue weighted by Gasteiger charge is -2.09. The van der Waals surface area contributed by atoms with Gasteiger partial charge in [-0.2, -0.15) is 0 Å². The average Bonchev–Trinajstić information content (AvgIpc) is 2.26. The number of hydrogen-bond acceptors (Lipinski definition) is 5. The Hall–Kier alpha value is -1.32. The van der Waals surface area contributed by atoms with Gasteiger partial charge in [0.1, 0.15) is 0 Å². The Balaban J connectivity index is 2.98. The molecular formula is C7H10F2N4O2S. The van der Waals surface area contributed by atoms with Gasteiger partial charge in [-0.15, -0.1) is 0 Å². The molecular weight excluding hydrogens is 242 g/mol. The molecule has 4 N–H and O–H groups in total. The average molecular weight is 252 g/mol. The minimum Gasteiger partial charge on any atom is -0.321 e. The third kappa shape index (κ3) is 3.08. The summed E-state index contributed by atoms with van der Waals surface area (Å²) >= 11 is 0. The molecule has 1 aromatic heterocycles. The number of hydrazine groups is 1. The van der Waals surface area contributed by atoms with Gasteiger partial charge in [-0.05, 0) is 12.1 Å². The molecule has 0 spiro atoms. The van der Waals surface area contributed by atoms with Crippen molar-refractivity contribution in [2.24, 2.45) is 5.84 Å². The second-order valence-corrected chi connectivity index (χ2v) is 4.43. The van der Waals surface area contributed by atoms with Crippen LogP contribution in [0.1, 0.15) is 0 Å². The first-order valence-corrected chi connectivity index (χ1v) is 5.65. The number of halogens is 2. The van der Waals surface area contributed by atoms with Gasteiger partial charge in [0.2, 0.25) is 0 Å². The second kappa shape index (κ2) is 5.14. The number of pyridine rings is 1. The summed E-state index contributed by atoms with van der Waals surface area (Å²) in [6.07, 6.45) is -1.55. The van der Waals surface area contributed by atoms with Gasteiger partial charge in [-0.3, -0.25) is 5.84 Å². The van der Waals surface area contributed by atoms with E-state index in [9.17, 15) is 17.2 Å². The third-order valence-corrected chi connectivity index (χ3v) is 2.99. The molecule has 0 aliphatic heterocycles. The van der Waals surface area contributed by atoms with E-state index >= 15 is 0 Å². The number of sulfonamides is 1. The summed E-state index contributed by atoms with van der Waals surface area (Å²) in [7, 11) is -4.08. The molecule has 16 heavy (non-hydrogen) atoms. The van der Waals surface area contributed by atoms with E-state index in [0.717, 1.165) is 0 Å². The largest absolute Gasteiger partial charge is 0.321 e. The molecule has 0 aliphatic rings. The van der Waals surface area contributed by atoms with Crippen LogP contribution in [0.3, 0.4) is 0 Å². The fourth-order valence-corrected chi connectivity index (χ4v) is 2.05. The monoisotopic (exact) mass is 252 g/mol. The second-order valence-electron chi connectivity index (χ2n) is 2.74. The molecule has 0 saturated carbocycles. The summed E-state index contributed by atoms with van der Waals surface area (Å²) in [5.41, 5.74) is 2.15. The molecule has 0 saturated heterocycles. The van der Waals surface area contributed by atoms with Crippen molar-refractivity contribution in [1.29, 1.82) is 0 Å². The standard InChI is InChI=1S/C7H10F2N4O2S/c8-6(9)4-12-16(14,15)7-5(13-10)2-1-3-11-7/h1-3,6,12-13H,4,10H2. The Morgan fingerprint density at radius 3 is 2.75 bits per heavy atom. The predicted molar refractivity (Wildman–Crippen MR) is 53.2 cm³/mol. The van der Waals surface area contributed by atoms with Crippen LogP contribution >= 0.6 is 0 Å². The first kappa shape index (κ1) is 12.7. The summed E-state index contributed by atoms with van der Waals surface area (Å²) in [6, 6.07) is 2.82. The summed E-state index contributed by atoms with van der Waals surface area (Å²) in [6.45, 7) is -0.969. The lowest BCUT2D eigenvalue weighted by molar-refractivity contribution is 0.153. The third-order valence-electron chi connectivity index (χ3n) is 1.61. The highest BCUT2D eigenvalue weighted by molar-refractivity contribution is 7.89. The van der Waals surface area contributed by atoms with E-state index < -0.39 is 28.0 Å². The molecule has 1 rings (SSSR count). The molecule has 1 heterocycles. The zero-order valence-electron chi connectivity index (χ0n) is 8.02. The van der Waals surface area contributed by atoms with Crippen molar-refractivity contribution in [2.75, 3.05) is 12.0 Å². The van der Waals surface area contributed by atoms with Crippen LogP contribution in [0.5, 0.6) is 0 Å². The van der Waals surface area contributed by atoms with Gasteiger partial charge in [-0.1, -0.05) is 0 Å². The van der Waals surface area contributed by atoms with Gasteiger partial charge in [0.25, 0.3) is 16.4 Å². The van der Waals surface area contributed by atoms with Crippen LogP contribution in [0.4, 0.5) is 14.5 Å².